The maximum atomic E-state index is 11.3. The number of tetrazole rings is 1. The van der Waals surface area contributed by atoms with Gasteiger partial charge in [-0.3, -0.25) is 4.79 Å². The van der Waals surface area contributed by atoms with E-state index in [2.05, 4.69) is 36.8 Å². The van der Waals surface area contributed by atoms with Gasteiger partial charge in [0.15, 0.2) is 5.82 Å². The van der Waals surface area contributed by atoms with Crippen molar-refractivity contribution < 1.29 is 9.53 Å². The van der Waals surface area contributed by atoms with Crippen LogP contribution >= 0.6 is 15.9 Å². The lowest BCUT2D eigenvalue weighted by atomic mass is 10.3. The zero-order valence-corrected chi connectivity index (χ0v) is 11.8. The summed E-state index contributed by atoms with van der Waals surface area (Å²) >= 11 is 3.39. The Balaban J connectivity index is 2.12. The van der Waals surface area contributed by atoms with Crippen molar-refractivity contribution in [2.45, 2.75) is 6.54 Å². The summed E-state index contributed by atoms with van der Waals surface area (Å²) < 4.78 is 7.22. The fourth-order valence-electron chi connectivity index (χ4n) is 1.48. The average molecular weight is 326 g/mol. The van der Waals surface area contributed by atoms with Gasteiger partial charge in [-0.2, -0.15) is 4.68 Å². The molecule has 0 radical (unpaired) electrons. The van der Waals surface area contributed by atoms with Crippen LogP contribution in [-0.4, -0.2) is 39.8 Å². The highest BCUT2D eigenvalue weighted by atomic mass is 79.9. The van der Waals surface area contributed by atoms with Gasteiger partial charge in [-0.15, -0.1) is 5.10 Å². The molecule has 1 aromatic heterocycles. The Morgan fingerprint density at radius 2 is 2.37 bits per heavy atom. The quantitative estimate of drug-likeness (QED) is 0.874. The molecule has 0 aliphatic carbocycles. The molecular weight excluding hydrogens is 314 g/mol. The molecule has 19 heavy (non-hydrogen) atoms. The Hall–Kier alpha value is -1.80. The van der Waals surface area contributed by atoms with Crippen molar-refractivity contribution in [1.82, 2.24) is 25.5 Å². The number of methoxy groups -OCH3 is 1. The van der Waals surface area contributed by atoms with Crippen LogP contribution in [0.4, 0.5) is 0 Å². The predicted octanol–water partition coefficient (Wildman–Crippen LogP) is 0.687. The lowest BCUT2D eigenvalue weighted by Crippen LogP contribution is -2.28. The number of carbonyl (C=O) groups is 1. The molecule has 0 saturated carbocycles. The molecule has 2 aromatic rings. The molecule has 0 spiro atoms. The summed E-state index contributed by atoms with van der Waals surface area (Å²) in [6, 6.07) is 7.56. The Labute approximate surface area is 118 Å². The Morgan fingerprint density at radius 3 is 3.11 bits per heavy atom. The third kappa shape index (κ3) is 3.58. The highest BCUT2D eigenvalue weighted by Crippen LogP contribution is 2.15. The molecule has 0 bridgehead atoms. The second-order valence-corrected chi connectivity index (χ2v) is 4.61. The molecule has 2 rings (SSSR count). The number of hydrogen-bond acceptors (Lipinski definition) is 5. The van der Waals surface area contributed by atoms with Crippen LogP contribution in [0.15, 0.2) is 28.7 Å². The number of nitrogens with one attached hydrogen (secondary N) is 1. The molecule has 1 heterocycles. The van der Waals surface area contributed by atoms with E-state index in [0.717, 1.165) is 10.2 Å². The van der Waals surface area contributed by atoms with E-state index in [-0.39, 0.29) is 19.1 Å². The molecule has 1 amide bonds. The molecule has 0 aliphatic heterocycles. The maximum Gasteiger partial charge on any atom is 0.246 e. The highest BCUT2D eigenvalue weighted by Gasteiger charge is 2.09. The summed E-state index contributed by atoms with van der Waals surface area (Å²) in [5, 5.41) is 14.1. The molecular formula is C11H12BrN5O2. The van der Waals surface area contributed by atoms with E-state index < -0.39 is 0 Å². The lowest BCUT2D eigenvalue weighted by Gasteiger charge is -2.06. The summed E-state index contributed by atoms with van der Waals surface area (Å²) in [5.74, 6) is 0.328. The van der Waals surface area contributed by atoms with Gasteiger partial charge < -0.3 is 10.1 Å². The normalized spacial score (nSPS) is 10.4. The van der Waals surface area contributed by atoms with Gasteiger partial charge in [0.2, 0.25) is 5.91 Å². The molecule has 1 aromatic carbocycles. The first-order chi connectivity index (χ1) is 9.20. The Kier molecular flexibility index (Phi) is 4.58. The fourth-order valence-corrected chi connectivity index (χ4v) is 1.87. The minimum absolute atomic E-state index is 0.0124. The minimum Gasteiger partial charge on any atom is -0.375 e. The zero-order chi connectivity index (χ0) is 13.7. The molecule has 0 unspecified atom stereocenters. The SMILES string of the molecule is COCC(=O)NCc1nnnn1-c1cccc(Br)c1. The maximum absolute atomic E-state index is 11.3. The van der Waals surface area contributed by atoms with Crippen LogP contribution in [0.2, 0.25) is 0 Å². The first-order valence-electron chi connectivity index (χ1n) is 5.49. The van der Waals surface area contributed by atoms with E-state index in [1.165, 1.54) is 7.11 Å². The number of aromatic nitrogens is 4. The second kappa shape index (κ2) is 6.39. The van der Waals surface area contributed by atoms with Crippen LogP contribution in [0.1, 0.15) is 5.82 Å². The molecule has 100 valence electrons. The van der Waals surface area contributed by atoms with Gasteiger partial charge in [0.1, 0.15) is 6.61 Å². The van der Waals surface area contributed by atoms with Crippen molar-refractivity contribution in [2.75, 3.05) is 13.7 Å². The summed E-state index contributed by atoms with van der Waals surface area (Å²) in [6.07, 6.45) is 0. The van der Waals surface area contributed by atoms with Crippen LogP contribution < -0.4 is 5.32 Å². The first kappa shape index (κ1) is 13.6. The van der Waals surface area contributed by atoms with E-state index in [1.54, 1.807) is 4.68 Å². The van der Waals surface area contributed by atoms with Crippen molar-refractivity contribution in [3.63, 3.8) is 0 Å². The van der Waals surface area contributed by atoms with Crippen LogP contribution in [-0.2, 0) is 16.1 Å². The van der Waals surface area contributed by atoms with E-state index in [0.29, 0.717) is 5.82 Å². The van der Waals surface area contributed by atoms with Crippen molar-refractivity contribution >= 4 is 21.8 Å². The van der Waals surface area contributed by atoms with Gasteiger partial charge >= 0.3 is 0 Å². The van der Waals surface area contributed by atoms with Gasteiger partial charge in [0.05, 0.1) is 12.2 Å². The number of benzene rings is 1. The predicted molar refractivity (Wildman–Crippen MR) is 70.6 cm³/mol. The van der Waals surface area contributed by atoms with E-state index in [9.17, 15) is 4.79 Å². The van der Waals surface area contributed by atoms with Crippen molar-refractivity contribution in [3.8, 4) is 5.69 Å². The standard InChI is InChI=1S/C11H12BrN5O2/c1-19-7-11(18)13-6-10-14-15-16-17(10)9-4-2-3-8(12)5-9/h2-5H,6-7H2,1H3,(H,13,18). The number of amides is 1. The first-order valence-corrected chi connectivity index (χ1v) is 6.29. The average Bonchev–Trinajstić information content (AvgIpc) is 2.85. The molecule has 0 aliphatic rings. The number of hydrogen-bond donors (Lipinski definition) is 1. The molecule has 0 fully saturated rings. The number of nitrogens with zero attached hydrogens (tertiary/aromatic N) is 4. The number of carbonyl (C=O) groups excluding carboxylic acids is 1. The van der Waals surface area contributed by atoms with Crippen LogP contribution in [0.25, 0.3) is 5.69 Å². The van der Waals surface area contributed by atoms with E-state index in [1.807, 2.05) is 24.3 Å². The number of rotatable bonds is 5. The lowest BCUT2D eigenvalue weighted by molar-refractivity contribution is -0.124. The largest absolute Gasteiger partial charge is 0.375 e. The summed E-state index contributed by atoms with van der Waals surface area (Å²) in [6.45, 7) is 0.250. The smallest absolute Gasteiger partial charge is 0.246 e. The third-order valence-electron chi connectivity index (χ3n) is 2.31. The second-order valence-electron chi connectivity index (χ2n) is 3.70. The Morgan fingerprint density at radius 1 is 1.53 bits per heavy atom. The summed E-state index contributed by atoms with van der Waals surface area (Å²) in [7, 11) is 1.46. The molecule has 1 N–H and O–H groups in total. The van der Waals surface area contributed by atoms with Crippen LogP contribution in [0, 0.1) is 0 Å². The highest BCUT2D eigenvalue weighted by molar-refractivity contribution is 9.10. The number of halogens is 1. The molecule has 7 nitrogen and oxygen atoms in total. The zero-order valence-electron chi connectivity index (χ0n) is 10.2. The minimum atomic E-state index is -0.216. The van der Waals surface area contributed by atoms with Gasteiger partial charge in [-0.25, -0.2) is 0 Å². The van der Waals surface area contributed by atoms with Gasteiger partial charge in [0.25, 0.3) is 0 Å². The van der Waals surface area contributed by atoms with Crippen molar-refractivity contribution in [1.29, 1.82) is 0 Å². The van der Waals surface area contributed by atoms with Gasteiger partial charge in [-0.05, 0) is 28.6 Å². The number of ether oxygens (including phenoxy) is 1. The van der Waals surface area contributed by atoms with Crippen LogP contribution in [0.5, 0.6) is 0 Å². The monoisotopic (exact) mass is 325 g/mol. The molecule has 8 heteroatoms. The van der Waals surface area contributed by atoms with E-state index in [4.69, 9.17) is 4.74 Å². The fraction of sp³-hybridized carbons (Fsp3) is 0.273. The van der Waals surface area contributed by atoms with Crippen molar-refractivity contribution in [2.24, 2.45) is 0 Å². The van der Waals surface area contributed by atoms with Crippen LogP contribution in [0.3, 0.4) is 0 Å². The van der Waals surface area contributed by atoms with Gasteiger partial charge in [-0.1, -0.05) is 22.0 Å². The topological polar surface area (TPSA) is 81.9 Å². The van der Waals surface area contributed by atoms with Crippen molar-refractivity contribution in [3.05, 3.63) is 34.6 Å². The molecule has 0 atom stereocenters. The summed E-state index contributed by atoms with van der Waals surface area (Å²) in [4.78, 5) is 11.3. The van der Waals surface area contributed by atoms with E-state index >= 15 is 0 Å². The van der Waals surface area contributed by atoms with Gasteiger partial charge in [0, 0.05) is 11.6 Å². The summed E-state index contributed by atoms with van der Waals surface area (Å²) in [5.41, 5.74) is 0.815. The Bertz CT molecular complexity index is 572. The molecule has 0 saturated heterocycles. The third-order valence-corrected chi connectivity index (χ3v) is 2.80.